The molecule has 39 heavy (non-hydrogen) atoms. The Labute approximate surface area is 226 Å². The Morgan fingerprint density at radius 3 is 2.23 bits per heavy atom. The van der Waals surface area contributed by atoms with Gasteiger partial charge >= 0.3 is 5.97 Å². The maximum Gasteiger partial charge on any atom is 0.343 e. The van der Waals surface area contributed by atoms with Crippen LogP contribution in [0.4, 0.5) is 15.8 Å². The molecule has 0 fully saturated rings. The maximum atomic E-state index is 13.7. The van der Waals surface area contributed by atoms with Crippen LogP contribution in [-0.4, -0.2) is 44.5 Å². The van der Waals surface area contributed by atoms with Gasteiger partial charge in [0.05, 0.1) is 38.3 Å². The zero-order valence-corrected chi connectivity index (χ0v) is 22.6. The molecule has 202 valence electrons. The summed E-state index contributed by atoms with van der Waals surface area (Å²) < 4.78 is 35.4. The lowest BCUT2D eigenvalue weighted by Crippen LogP contribution is -2.50. The highest BCUT2D eigenvalue weighted by atomic mass is 19.1. The third-order valence-electron chi connectivity index (χ3n) is 7.12. The zero-order valence-electron chi connectivity index (χ0n) is 22.6. The fraction of sp³-hybridized carbons (Fsp3) is 0.300. The lowest BCUT2D eigenvalue weighted by molar-refractivity contribution is -0.113. The number of rotatable bonds is 6. The number of aliphatic imine (C=N–C) groups is 1. The molecule has 0 N–H and O–H groups in total. The summed E-state index contributed by atoms with van der Waals surface area (Å²) >= 11 is 0. The normalized spacial score (nSPS) is 18.1. The number of carbonyl (C=O) groups excluding carboxylic acids is 2. The standard InChI is InChI=1S/C30H29FN2O6/c1-16-15-30(2,3)33-26-21(16)13-20(14-22(26)25(28(33)34)32-19-9-7-18(31)8-10-19)39-29(35)17-11-23(36-4)27(38-6)24(12-17)37-5/h7-14,16H,15H2,1-6H3/t16-/m1/s1. The van der Waals surface area contributed by atoms with E-state index in [2.05, 4.69) is 11.9 Å². The molecule has 2 aliphatic heterocycles. The van der Waals surface area contributed by atoms with Crippen molar-refractivity contribution in [3.8, 4) is 23.0 Å². The number of carbonyl (C=O) groups is 2. The van der Waals surface area contributed by atoms with Crippen molar-refractivity contribution in [2.24, 2.45) is 4.99 Å². The fourth-order valence-electron chi connectivity index (χ4n) is 5.46. The molecule has 0 bridgehead atoms. The van der Waals surface area contributed by atoms with E-state index in [1.807, 2.05) is 13.8 Å². The van der Waals surface area contributed by atoms with Crippen molar-refractivity contribution in [1.29, 1.82) is 0 Å². The molecule has 9 heteroatoms. The second-order valence-electron chi connectivity index (χ2n) is 10.2. The van der Waals surface area contributed by atoms with Gasteiger partial charge in [-0.25, -0.2) is 14.2 Å². The molecule has 2 heterocycles. The van der Waals surface area contributed by atoms with E-state index in [1.165, 1.54) is 57.7 Å². The fourth-order valence-corrected chi connectivity index (χ4v) is 5.46. The van der Waals surface area contributed by atoms with E-state index >= 15 is 0 Å². The van der Waals surface area contributed by atoms with Crippen molar-refractivity contribution in [3.05, 3.63) is 71.0 Å². The van der Waals surface area contributed by atoms with Crippen LogP contribution >= 0.6 is 0 Å². The zero-order chi connectivity index (χ0) is 28.1. The molecular formula is C30H29FN2O6. The number of hydrogen-bond donors (Lipinski definition) is 0. The van der Waals surface area contributed by atoms with Gasteiger partial charge in [-0.1, -0.05) is 6.92 Å². The minimum atomic E-state index is -0.636. The lowest BCUT2D eigenvalue weighted by atomic mass is 9.80. The molecule has 0 saturated heterocycles. The highest BCUT2D eigenvalue weighted by Crippen LogP contribution is 2.50. The van der Waals surface area contributed by atoms with E-state index in [-0.39, 0.29) is 28.8 Å². The quantitative estimate of drug-likeness (QED) is 0.294. The first kappa shape index (κ1) is 26.2. The van der Waals surface area contributed by atoms with Crippen LogP contribution in [0.3, 0.4) is 0 Å². The smallest absolute Gasteiger partial charge is 0.343 e. The summed E-state index contributed by atoms with van der Waals surface area (Å²) in [5.41, 5.74) is 2.62. The Morgan fingerprint density at radius 2 is 1.64 bits per heavy atom. The van der Waals surface area contributed by atoms with Gasteiger partial charge in [0.1, 0.15) is 17.3 Å². The SMILES string of the molecule is COc1cc(C(=O)Oc2cc3c4c(c2)[C@H](C)CC(C)(C)N4C(=O)C3=Nc2ccc(F)cc2)cc(OC)c1OC. The van der Waals surface area contributed by atoms with Gasteiger partial charge in [-0.3, -0.25) is 4.79 Å². The van der Waals surface area contributed by atoms with Crippen LogP contribution in [0.2, 0.25) is 0 Å². The molecule has 0 saturated carbocycles. The number of benzene rings is 3. The van der Waals surface area contributed by atoms with Crippen LogP contribution in [0, 0.1) is 5.82 Å². The Morgan fingerprint density at radius 1 is 1.00 bits per heavy atom. The number of amides is 1. The Bertz CT molecular complexity index is 1490. The summed E-state index contributed by atoms with van der Waals surface area (Å²) in [6.45, 7) is 6.12. The number of esters is 1. The van der Waals surface area contributed by atoms with Crippen LogP contribution in [0.5, 0.6) is 23.0 Å². The Kier molecular flexibility index (Phi) is 6.54. The minimum absolute atomic E-state index is 0.0859. The summed E-state index contributed by atoms with van der Waals surface area (Å²) in [7, 11) is 4.41. The molecule has 0 unspecified atom stereocenters. The molecule has 2 aliphatic rings. The van der Waals surface area contributed by atoms with E-state index in [4.69, 9.17) is 18.9 Å². The molecule has 3 aromatic carbocycles. The van der Waals surface area contributed by atoms with Crippen molar-refractivity contribution in [3.63, 3.8) is 0 Å². The summed E-state index contributed by atoms with van der Waals surface area (Å²) in [5, 5.41) is 0. The van der Waals surface area contributed by atoms with Gasteiger partial charge in [-0.05, 0) is 80.3 Å². The second-order valence-corrected chi connectivity index (χ2v) is 10.2. The Balaban J connectivity index is 1.60. The molecule has 0 spiro atoms. The van der Waals surface area contributed by atoms with Crippen LogP contribution in [0.25, 0.3) is 0 Å². The molecule has 1 atom stereocenters. The largest absolute Gasteiger partial charge is 0.493 e. The number of hydrogen-bond acceptors (Lipinski definition) is 7. The van der Waals surface area contributed by atoms with Gasteiger partial charge in [0.25, 0.3) is 5.91 Å². The summed E-state index contributed by atoms with van der Waals surface area (Å²) in [5.74, 6) is 0.0738. The van der Waals surface area contributed by atoms with E-state index in [0.717, 1.165) is 11.3 Å². The second kappa shape index (κ2) is 9.72. The monoisotopic (exact) mass is 532 g/mol. The van der Waals surface area contributed by atoms with Gasteiger partial charge in [0.15, 0.2) is 11.5 Å². The number of nitrogens with zero attached hydrogens (tertiary/aromatic N) is 2. The molecule has 0 aromatic heterocycles. The molecule has 8 nitrogen and oxygen atoms in total. The first-order chi connectivity index (χ1) is 18.6. The highest BCUT2D eigenvalue weighted by molar-refractivity contribution is 6.55. The van der Waals surface area contributed by atoms with Gasteiger partial charge in [0, 0.05) is 11.1 Å². The van der Waals surface area contributed by atoms with Crippen molar-refractivity contribution < 1.29 is 32.9 Å². The van der Waals surface area contributed by atoms with Crippen molar-refractivity contribution in [1.82, 2.24) is 0 Å². The number of anilines is 1. The Hall–Kier alpha value is -4.40. The molecular weight excluding hydrogens is 503 g/mol. The van der Waals surface area contributed by atoms with Crippen molar-refractivity contribution in [2.75, 3.05) is 26.2 Å². The average molecular weight is 533 g/mol. The molecule has 0 radical (unpaired) electrons. The first-order valence-corrected chi connectivity index (χ1v) is 12.5. The van der Waals surface area contributed by atoms with E-state index in [1.54, 1.807) is 17.0 Å². The average Bonchev–Trinajstić information content (AvgIpc) is 3.19. The van der Waals surface area contributed by atoms with Crippen LogP contribution < -0.4 is 23.8 Å². The predicted octanol–water partition coefficient (Wildman–Crippen LogP) is 5.82. The van der Waals surface area contributed by atoms with Crippen molar-refractivity contribution >= 4 is 29.0 Å². The third kappa shape index (κ3) is 4.47. The van der Waals surface area contributed by atoms with Crippen LogP contribution in [-0.2, 0) is 4.79 Å². The summed E-state index contributed by atoms with van der Waals surface area (Å²) in [6.07, 6.45) is 0.708. The van der Waals surface area contributed by atoms with E-state index in [0.29, 0.717) is 34.9 Å². The third-order valence-corrected chi connectivity index (χ3v) is 7.12. The van der Waals surface area contributed by atoms with Crippen LogP contribution in [0.1, 0.15) is 54.6 Å². The maximum absolute atomic E-state index is 13.7. The minimum Gasteiger partial charge on any atom is -0.493 e. The predicted molar refractivity (Wildman–Crippen MR) is 145 cm³/mol. The number of halogens is 1. The lowest BCUT2D eigenvalue weighted by Gasteiger charge is -2.43. The van der Waals surface area contributed by atoms with E-state index in [9.17, 15) is 14.0 Å². The summed E-state index contributed by atoms with van der Waals surface area (Å²) in [6, 6.07) is 12.1. The highest BCUT2D eigenvalue weighted by Gasteiger charge is 2.48. The topological polar surface area (TPSA) is 86.7 Å². The van der Waals surface area contributed by atoms with Gasteiger partial charge < -0.3 is 23.8 Å². The van der Waals surface area contributed by atoms with Gasteiger partial charge in [0.2, 0.25) is 5.75 Å². The first-order valence-electron chi connectivity index (χ1n) is 12.5. The number of methoxy groups -OCH3 is 3. The van der Waals surface area contributed by atoms with Gasteiger partial charge in [-0.2, -0.15) is 0 Å². The molecule has 3 aromatic rings. The molecule has 0 aliphatic carbocycles. The van der Waals surface area contributed by atoms with Crippen molar-refractivity contribution in [2.45, 2.75) is 38.6 Å². The molecule has 1 amide bonds. The van der Waals surface area contributed by atoms with Gasteiger partial charge in [-0.15, -0.1) is 0 Å². The number of ether oxygens (including phenoxy) is 4. The molecule has 5 rings (SSSR count). The summed E-state index contributed by atoms with van der Waals surface area (Å²) in [4.78, 5) is 33.3. The van der Waals surface area contributed by atoms with Crippen LogP contribution in [0.15, 0.2) is 53.5 Å². The van der Waals surface area contributed by atoms with E-state index < -0.39 is 17.3 Å².